The van der Waals surface area contributed by atoms with Crippen LogP contribution in [0.4, 0.5) is 0 Å². The van der Waals surface area contributed by atoms with E-state index in [1.807, 2.05) is 12.1 Å². The first-order valence-electron chi connectivity index (χ1n) is 5.82. The Hall–Kier alpha value is -1.86. The molecular weight excluding hydrogens is 206 g/mol. The molecule has 0 saturated heterocycles. The molecular formula is C16H17N. The molecule has 2 aromatic rings. The first-order valence-corrected chi connectivity index (χ1v) is 5.82. The molecule has 0 aliphatic carbocycles. The fourth-order valence-corrected chi connectivity index (χ4v) is 2.01. The van der Waals surface area contributed by atoms with Gasteiger partial charge < -0.3 is 5.73 Å². The van der Waals surface area contributed by atoms with Crippen LogP contribution >= 0.6 is 0 Å². The van der Waals surface area contributed by atoms with Crippen LogP contribution < -0.4 is 5.73 Å². The van der Waals surface area contributed by atoms with Gasteiger partial charge in [-0.15, -0.1) is 0 Å². The van der Waals surface area contributed by atoms with Gasteiger partial charge >= 0.3 is 0 Å². The Balaban J connectivity index is 2.32. The molecule has 0 saturated carbocycles. The molecule has 0 spiro atoms. The zero-order valence-electron chi connectivity index (χ0n) is 9.84. The SMILES string of the molecule is C=Cc1ccc([C@@H](CN)c2ccccc2)cc1. The van der Waals surface area contributed by atoms with Gasteiger partial charge in [0.05, 0.1) is 0 Å². The highest BCUT2D eigenvalue weighted by Crippen LogP contribution is 2.23. The van der Waals surface area contributed by atoms with E-state index in [1.165, 1.54) is 11.1 Å². The molecule has 0 fully saturated rings. The van der Waals surface area contributed by atoms with Crippen molar-refractivity contribution >= 4 is 6.08 Å². The molecule has 0 radical (unpaired) electrons. The summed E-state index contributed by atoms with van der Waals surface area (Å²) in [6.45, 7) is 4.38. The molecule has 0 aromatic heterocycles. The summed E-state index contributed by atoms with van der Waals surface area (Å²) < 4.78 is 0. The quantitative estimate of drug-likeness (QED) is 0.844. The van der Waals surface area contributed by atoms with Crippen molar-refractivity contribution in [3.63, 3.8) is 0 Å². The Morgan fingerprint density at radius 3 is 2.06 bits per heavy atom. The van der Waals surface area contributed by atoms with Crippen LogP contribution in [0.1, 0.15) is 22.6 Å². The molecule has 0 aliphatic heterocycles. The summed E-state index contributed by atoms with van der Waals surface area (Å²) in [5.41, 5.74) is 9.54. The van der Waals surface area contributed by atoms with Crippen molar-refractivity contribution in [2.75, 3.05) is 6.54 Å². The predicted molar refractivity (Wildman–Crippen MR) is 73.9 cm³/mol. The Bertz CT molecular complexity index is 471. The van der Waals surface area contributed by atoms with Gasteiger partial charge in [0.1, 0.15) is 0 Å². The largest absolute Gasteiger partial charge is 0.330 e. The number of benzene rings is 2. The highest BCUT2D eigenvalue weighted by molar-refractivity contribution is 5.48. The van der Waals surface area contributed by atoms with E-state index in [0.717, 1.165) is 5.56 Å². The Morgan fingerprint density at radius 2 is 1.53 bits per heavy atom. The van der Waals surface area contributed by atoms with Crippen LogP contribution in [-0.2, 0) is 0 Å². The molecule has 0 amide bonds. The van der Waals surface area contributed by atoms with Gasteiger partial charge in [-0.25, -0.2) is 0 Å². The minimum Gasteiger partial charge on any atom is -0.330 e. The van der Waals surface area contributed by atoms with Gasteiger partial charge in [0.2, 0.25) is 0 Å². The normalized spacial score (nSPS) is 12.1. The van der Waals surface area contributed by atoms with E-state index in [9.17, 15) is 0 Å². The first-order chi connectivity index (χ1) is 8.35. The van der Waals surface area contributed by atoms with Crippen LogP contribution in [0, 0.1) is 0 Å². The Kier molecular flexibility index (Phi) is 3.73. The number of hydrogen-bond donors (Lipinski definition) is 1. The summed E-state index contributed by atoms with van der Waals surface area (Å²) in [5, 5.41) is 0. The standard InChI is InChI=1S/C16H17N/c1-2-13-8-10-15(11-9-13)16(12-17)14-6-4-3-5-7-14/h2-11,16H,1,12,17H2/t16-/m0/s1. The third-order valence-corrected chi connectivity index (χ3v) is 3.01. The van der Waals surface area contributed by atoms with E-state index in [-0.39, 0.29) is 5.92 Å². The average molecular weight is 223 g/mol. The average Bonchev–Trinajstić information content (AvgIpc) is 2.42. The molecule has 0 heterocycles. The second kappa shape index (κ2) is 5.46. The monoisotopic (exact) mass is 223 g/mol. The van der Waals surface area contributed by atoms with E-state index in [1.54, 1.807) is 0 Å². The molecule has 17 heavy (non-hydrogen) atoms. The smallest absolute Gasteiger partial charge is 0.0212 e. The van der Waals surface area contributed by atoms with Crippen LogP contribution in [0.3, 0.4) is 0 Å². The third-order valence-electron chi connectivity index (χ3n) is 3.01. The zero-order valence-corrected chi connectivity index (χ0v) is 9.84. The topological polar surface area (TPSA) is 26.0 Å². The number of rotatable bonds is 4. The maximum Gasteiger partial charge on any atom is 0.0212 e. The van der Waals surface area contributed by atoms with E-state index >= 15 is 0 Å². The Morgan fingerprint density at radius 1 is 0.941 bits per heavy atom. The van der Waals surface area contributed by atoms with E-state index in [2.05, 4.69) is 55.1 Å². The van der Waals surface area contributed by atoms with E-state index in [4.69, 9.17) is 5.73 Å². The molecule has 1 heteroatoms. The maximum absolute atomic E-state index is 5.89. The first kappa shape index (κ1) is 11.6. The molecule has 2 rings (SSSR count). The molecule has 1 nitrogen and oxygen atoms in total. The molecule has 2 N–H and O–H groups in total. The van der Waals surface area contributed by atoms with Crippen LogP contribution in [0.15, 0.2) is 61.2 Å². The summed E-state index contributed by atoms with van der Waals surface area (Å²) in [4.78, 5) is 0. The van der Waals surface area contributed by atoms with Crippen molar-refractivity contribution in [1.29, 1.82) is 0 Å². The van der Waals surface area contributed by atoms with Crippen molar-refractivity contribution in [2.24, 2.45) is 5.73 Å². The molecule has 0 bridgehead atoms. The van der Waals surface area contributed by atoms with Crippen molar-refractivity contribution < 1.29 is 0 Å². The van der Waals surface area contributed by atoms with E-state index in [0.29, 0.717) is 6.54 Å². The summed E-state index contributed by atoms with van der Waals surface area (Å²) in [5.74, 6) is 0.273. The van der Waals surface area contributed by atoms with Crippen LogP contribution in [0.5, 0.6) is 0 Å². The van der Waals surface area contributed by atoms with Gasteiger partial charge in [-0.05, 0) is 16.7 Å². The lowest BCUT2D eigenvalue weighted by Gasteiger charge is -2.15. The number of hydrogen-bond acceptors (Lipinski definition) is 1. The molecule has 1 atom stereocenters. The van der Waals surface area contributed by atoms with Gasteiger partial charge in [0.15, 0.2) is 0 Å². The van der Waals surface area contributed by atoms with Crippen molar-refractivity contribution in [3.8, 4) is 0 Å². The highest BCUT2D eigenvalue weighted by Gasteiger charge is 2.11. The zero-order chi connectivity index (χ0) is 12.1. The molecule has 2 aromatic carbocycles. The van der Waals surface area contributed by atoms with E-state index < -0.39 is 0 Å². The highest BCUT2D eigenvalue weighted by atomic mass is 14.5. The lowest BCUT2D eigenvalue weighted by atomic mass is 9.91. The second-order valence-corrected chi connectivity index (χ2v) is 4.07. The van der Waals surface area contributed by atoms with Crippen LogP contribution in [0.25, 0.3) is 6.08 Å². The summed E-state index contributed by atoms with van der Waals surface area (Å²) in [7, 11) is 0. The predicted octanol–water partition coefficient (Wildman–Crippen LogP) is 3.42. The summed E-state index contributed by atoms with van der Waals surface area (Å²) >= 11 is 0. The van der Waals surface area contributed by atoms with Crippen molar-refractivity contribution in [3.05, 3.63) is 77.9 Å². The summed E-state index contributed by atoms with van der Waals surface area (Å²) in [6, 6.07) is 18.8. The lowest BCUT2D eigenvalue weighted by molar-refractivity contribution is 0.819. The van der Waals surface area contributed by atoms with Gasteiger partial charge in [-0.3, -0.25) is 0 Å². The van der Waals surface area contributed by atoms with Crippen LogP contribution in [0.2, 0.25) is 0 Å². The van der Waals surface area contributed by atoms with Crippen molar-refractivity contribution in [2.45, 2.75) is 5.92 Å². The van der Waals surface area contributed by atoms with Gasteiger partial charge in [-0.2, -0.15) is 0 Å². The van der Waals surface area contributed by atoms with Crippen molar-refractivity contribution in [1.82, 2.24) is 0 Å². The fourth-order valence-electron chi connectivity index (χ4n) is 2.01. The lowest BCUT2D eigenvalue weighted by Crippen LogP contribution is -2.13. The molecule has 86 valence electrons. The van der Waals surface area contributed by atoms with Gasteiger partial charge in [0, 0.05) is 12.5 Å². The fraction of sp³-hybridized carbons (Fsp3) is 0.125. The third kappa shape index (κ3) is 2.63. The van der Waals surface area contributed by atoms with Gasteiger partial charge in [-0.1, -0.05) is 67.3 Å². The number of nitrogens with two attached hydrogens (primary N) is 1. The molecule has 0 unspecified atom stereocenters. The minimum absolute atomic E-state index is 0.273. The maximum atomic E-state index is 5.89. The van der Waals surface area contributed by atoms with Gasteiger partial charge in [0.25, 0.3) is 0 Å². The Labute approximate surface area is 103 Å². The van der Waals surface area contributed by atoms with Crippen LogP contribution in [-0.4, -0.2) is 6.54 Å². The molecule has 0 aliphatic rings. The summed E-state index contributed by atoms with van der Waals surface area (Å²) in [6.07, 6.45) is 1.85. The minimum atomic E-state index is 0.273. The second-order valence-electron chi connectivity index (χ2n) is 4.07.